The third kappa shape index (κ3) is 3.41. The number of nitrogen functional groups attached to an aromatic ring is 1. The fourth-order valence-electron chi connectivity index (χ4n) is 2.04. The maximum absolute atomic E-state index is 12.2. The molecule has 2 amide bonds. The normalized spacial score (nSPS) is 9.95. The minimum absolute atomic E-state index is 0.432. The van der Waals surface area contributed by atoms with E-state index in [-0.39, 0.29) is 0 Å². The lowest BCUT2D eigenvalue weighted by Gasteiger charge is -2.15. The monoisotopic (exact) mass is 301 g/mol. The van der Waals surface area contributed by atoms with Gasteiger partial charge < -0.3 is 25.8 Å². The molecule has 2 aromatic carbocycles. The Morgan fingerprint density at radius 2 is 1.68 bits per heavy atom. The van der Waals surface area contributed by atoms with Crippen LogP contribution in [0.1, 0.15) is 5.56 Å². The van der Waals surface area contributed by atoms with Crippen LogP contribution in [0.15, 0.2) is 36.4 Å². The molecule has 0 aliphatic rings. The van der Waals surface area contributed by atoms with Crippen molar-refractivity contribution < 1.29 is 14.3 Å². The van der Waals surface area contributed by atoms with Crippen LogP contribution in [0, 0.1) is 6.92 Å². The largest absolute Gasteiger partial charge is 0.494 e. The van der Waals surface area contributed by atoms with Gasteiger partial charge in [0.25, 0.3) is 0 Å². The summed E-state index contributed by atoms with van der Waals surface area (Å²) < 4.78 is 10.5. The third-order valence-electron chi connectivity index (χ3n) is 3.12. The first kappa shape index (κ1) is 15.5. The van der Waals surface area contributed by atoms with Crippen LogP contribution in [0.4, 0.5) is 21.9 Å². The summed E-state index contributed by atoms with van der Waals surface area (Å²) in [4.78, 5) is 12.2. The van der Waals surface area contributed by atoms with Gasteiger partial charge in [0, 0.05) is 0 Å². The molecule has 0 spiro atoms. The van der Waals surface area contributed by atoms with Crippen molar-refractivity contribution in [2.75, 3.05) is 30.6 Å². The van der Waals surface area contributed by atoms with Crippen molar-refractivity contribution in [1.29, 1.82) is 0 Å². The molecule has 6 heteroatoms. The number of carbonyl (C=O) groups excluding carboxylic acids is 1. The van der Waals surface area contributed by atoms with Crippen molar-refractivity contribution in [1.82, 2.24) is 0 Å². The molecule has 0 radical (unpaired) electrons. The van der Waals surface area contributed by atoms with Crippen LogP contribution < -0.4 is 25.8 Å². The molecule has 0 saturated heterocycles. The number of hydrogen-bond donors (Lipinski definition) is 3. The quantitative estimate of drug-likeness (QED) is 0.757. The van der Waals surface area contributed by atoms with Crippen LogP contribution in [-0.4, -0.2) is 20.3 Å². The zero-order valence-electron chi connectivity index (χ0n) is 12.8. The van der Waals surface area contributed by atoms with Crippen LogP contribution in [0.2, 0.25) is 0 Å². The van der Waals surface area contributed by atoms with Gasteiger partial charge in [-0.2, -0.15) is 0 Å². The third-order valence-corrected chi connectivity index (χ3v) is 3.12. The van der Waals surface area contributed by atoms with Crippen molar-refractivity contribution in [2.24, 2.45) is 0 Å². The summed E-state index contributed by atoms with van der Waals surface area (Å²) in [6.45, 7) is 1.93. The molecule has 4 N–H and O–H groups in total. The minimum atomic E-state index is -0.432. The molecule has 116 valence electrons. The van der Waals surface area contributed by atoms with E-state index in [0.29, 0.717) is 28.6 Å². The Morgan fingerprint density at radius 1 is 1.05 bits per heavy atom. The predicted molar refractivity (Wildman–Crippen MR) is 87.8 cm³/mol. The number of ether oxygens (including phenoxy) is 2. The Bertz CT molecular complexity index is 664. The number of amides is 2. The standard InChI is InChI=1S/C16H19N3O3/c1-10-7-8-12(11(17)9-10)18-16(20)19-15-13(21-2)5-4-6-14(15)22-3/h4-9H,17H2,1-3H3,(H2,18,19,20). The highest BCUT2D eigenvalue weighted by molar-refractivity contribution is 6.03. The lowest BCUT2D eigenvalue weighted by atomic mass is 10.2. The van der Waals surface area contributed by atoms with Crippen LogP contribution >= 0.6 is 0 Å². The van der Waals surface area contributed by atoms with E-state index in [1.54, 1.807) is 30.3 Å². The molecule has 0 fully saturated rings. The summed E-state index contributed by atoms with van der Waals surface area (Å²) >= 11 is 0. The number of aryl methyl sites for hydroxylation is 1. The highest BCUT2D eigenvalue weighted by Crippen LogP contribution is 2.34. The summed E-state index contributed by atoms with van der Waals surface area (Å²) in [5.41, 5.74) is 8.40. The molecule has 0 aromatic heterocycles. The SMILES string of the molecule is COc1cccc(OC)c1NC(=O)Nc1ccc(C)cc1N. The van der Waals surface area contributed by atoms with Gasteiger partial charge in [0.15, 0.2) is 0 Å². The fraction of sp³-hybridized carbons (Fsp3) is 0.188. The van der Waals surface area contributed by atoms with Crippen molar-refractivity contribution >= 4 is 23.1 Å². The molecule has 0 atom stereocenters. The van der Waals surface area contributed by atoms with E-state index in [4.69, 9.17) is 15.2 Å². The molecule has 6 nitrogen and oxygen atoms in total. The lowest BCUT2D eigenvalue weighted by Crippen LogP contribution is -2.21. The van der Waals surface area contributed by atoms with Gasteiger partial charge in [0.2, 0.25) is 0 Å². The number of methoxy groups -OCH3 is 2. The number of hydrogen-bond acceptors (Lipinski definition) is 4. The summed E-state index contributed by atoms with van der Waals surface area (Å²) in [6.07, 6.45) is 0. The Balaban J connectivity index is 2.19. The smallest absolute Gasteiger partial charge is 0.323 e. The Hall–Kier alpha value is -2.89. The van der Waals surface area contributed by atoms with Crippen LogP contribution in [0.5, 0.6) is 11.5 Å². The van der Waals surface area contributed by atoms with Gasteiger partial charge in [0.1, 0.15) is 17.2 Å². The van der Waals surface area contributed by atoms with E-state index in [1.807, 2.05) is 13.0 Å². The summed E-state index contributed by atoms with van der Waals surface area (Å²) in [5.74, 6) is 1.01. The first-order chi connectivity index (χ1) is 10.5. The number of para-hydroxylation sites is 1. The highest BCUT2D eigenvalue weighted by Gasteiger charge is 2.13. The van der Waals surface area contributed by atoms with Gasteiger partial charge in [-0.1, -0.05) is 12.1 Å². The number of nitrogens with two attached hydrogens (primary N) is 1. The number of benzene rings is 2. The number of carbonyl (C=O) groups is 1. The molecule has 22 heavy (non-hydrogen) atoms. The summed E-state index contributed by atoms with van der Waals surface area (Å²) in [6, 6.07) is 10.2. The Morgan fingerprint density at radius 3 is 2.23 bits per heavy atom. The minimum Gasteiger partial charge on any atom is -0.494 e. The van der Waals surface area contributed by atoms with E-state index in [1.165, 1.54) is 14.2 Å². The zero-order valence-corrected chi connectivity index (χ0v) is 12.8. The predicted octanol–water partition coefficient (Wildman–Crippen LogP) is 3.24. The molecule has 0 heterocycles. The van der Waals surface area contributed by atoms with Gasteiger partial charge in [-0.15, -0.1) is 0 Å². The number of anilines is 3. The Labute approximate surface area is 129 Å². The van der Waals surface area contributed by atoms with Gasteiger partial charge in [-0.3, -0.25) is 0 Å². The average molecular weight is 301 g/mol. The van der Waals surface area contributed by atoms with Crippen molar-refractivity contribution in [3.8, 4) is 11.5 Å². The van der Waals surface area contributed by atoms with Crippen molar-refractivity contribution in [2.45, 2.75) is 6.92 Å². The fourth-order valence-corrected chi connectivity index (χ4v) is 2.04. The van der Waals surface area contributed by atoms with Gasteiger partial charge >= 0.3 is 6.03 Å². The van der Waals surface area contributed by atoms with E-state index < -0.39 is 6.03 Å². The molecule has 2 rings (SSSR count). The van der Waals surface area contributed by atoms with Crippen LogP contribution in [-0.2, 0) is 0 Å². The maximum Gasteiger partial charge on any atom is 0.323 e. The molecular formula is C16H19N3O3. The van der Waals surface area contributed by atoms with E-state index in [0.717, 1.165) is 5.56 Å². The van der Waals surface area contributed by atoms with E-state index in [9.17, 15) is 4.79 Å². The van der Waals surface area contributed by atoms with Crippen molar-refractivity contribution in [3.63, 3.8) is 0 Å². The first-order valence-electron chi connectivity index (χ1n) is 6.70. The van der Waals surface area contributed by atoms with Gasteiger partial charge in [-0.05, 0) is 36.8 Å². The molecule has 0 aliphatic heterocycles. The summed E-state index contributed by atoms with van der Waals surface area (Å²) in [7, 11) is 3.05. The number of nitrogens with one attached hydrogen (secondary N) is 2. The average Bonchev–Trinajstić information content (AvgIpc) is 2.50. The van der Waals surface area contributed by atoms with Crippen molar-refractivity contribution in [3.05, 3.63) is 42.0 Å². The first-order valence-corrected chi connectivity index (χ1v) is 6.70. The van der Waals surface area contributed by atoms with Crippen LogP contribution in [0.3, 0.4) is 0 Å². The lowest BCUT2D eigenvalue weighted by molar-refractivity contribution is 0.262. The molecule has 0 aliphatic carbocycles. The van der Waals surface area contributed by atoms with E-state index in [2.05, 4.69) is 10.6 Å². The zero-order chi connectivity index (χ0) is 16.1. The second kappa shape index (κ2) is 6.71. The molecule has 0 saturated carbocycles. The molecule has 0 bridgehead atoms. The van der Waals surface area contributed by atoms with Gasteiger partial charge in [0.05, 0.1) is 25.6 Å². The van der Waals surface area contributed by atoms with Crippen LogP contribution in [0.25, 0.3) is 0 Å². The second-order valence-corrected chi connectivity index (χ2v) is 4.71. The molecule has 2 aromatic rings. The molecular weight excluding hydrogens is 282 g/mol. The second-order valence-electron chi connectivity index (χ2n) is 4.71. The van der Waals surface area contributed by atoms with E-state index >= 15 is 0 Å². The van der Waals surface area contributed by atoms with Gasteiger partial charge in [-0.25, -0.2) is 4.79 Å². The summed E-state index contributed by atoms with van der Waals surface area (Å²) in [5, 5.41) is 5.42. The maximum atomic E-state index is 12.2. The topological polar surface area (TPSA) is 85.6 Å². The number of urea groups is 1. The molecule has 0 unspecified atom stereocenters. The number of rotatable bonds is 4. The Kier molecular flexibility index (Phi) is 4.73. The highest BCUT2D eigenvalue weighted by atomic mass is 16.5.